The van der Waals surface area contributed by atoms with Gasteiger partial charge in [-0.2, -0.15) is 0 Å². The summed E-state index contributed by atoms with van der Waals surface area (Å²) in [6.45, 7) is 4.76. The number of hydrogen-bond acceptors (Lipinski definition) is 1. The fraction of sp³-hybridized carbons (Fsp3) is 0.0526. The summed E-state index contributed by atoms with van der Waals surface area (Å²) in [5.41, 5.74) is 19.3. The predicted octanol–water partition coefficient (Wildman–Crippen LogP) is 15.6. The van der Waals surface area contributed by atoms with Crippen LogP contribution in [-0.4, -0.2) is 4.57 Å². The molecular weight excluding hydrogens is 713 g/mol. The van der Waals surface area contributed by atoms with Crippen LogP contribution in [0.2, 0.25) is 0 Å². The smallest absolute Gasteiger partial charge is 0.0547 e. The lowest BCUT2D eigenvalue weighted by Crippen LogP contribution is -2.20. The molecule has 0 unspecified atom stereocenters. The minimum atomic E-state index is -0.206. The largest absolute Gasteiger partial charge is 0.310 e. The van der Waals surface area contributed by atoms with Crippen LogP contribution in [0.25, 0.3) is 72.0 Å². The average Bonchev–Trinajstić information content (AvgIpc) is 3.76. The number of benzene rings is 9. The van der Waals surface area contributed by atoms with Crippen molar-refractivity contribution >= 4 is 38.9 Å². The highest BCUT2D eigenvalue weighted by Gasteiger charge is 2.38. The van der Waals surface area contributed by atoms with E-state index in [2.05, 4.69) is 242 Å². The molecule has 10 aromatic rings. The van der Waals surface area contributed by atoms with Crippen LogP contribution in [0.1, 0.15) is 25.0 Å². The first-order valence-corrected chi connectivity index (χ1v) is 20.5. The van der Waals surface area contributed by atoms with E-state index in [4.69, 9.17) is 0 Å². The first-order chi connectivity index (χ1) is 29.0. The van der Waals surface area contributed by atoms with Gasteiger partial charge in [0.25, 0.3) is 0 Å². The van der Waals surface area contributed by atoms with Crippen molar-refractivity contribution in [2.75, 3.05) is 4.90 Å². The zero-order valence-electron chi connectivity index (χ0n) is 33.2. The fourth-order valence-corrected chi connectivity index (χ4v) is 9.67. The predicted molar refractivity (Wildman–Crippen MR) is 249 cm³/mol. The lowest BCUT2D eigenvalue weighted by Gasteiger charge is -2.33. The first kappa shape index (κ1) is 34.8. The molecule has 0 saturated carbocycles. The summed E-state index contributed by atoms with van der Waals surface area (Å²) in [5.74, 6) is 0. The molecule has 280 valence electrons. The molecule has 0 fully saturated rings. The Labute approximate surface area is 345 Å². The zero-order chi connectivity index (χ0) is 39.5. The molecule has 1 aliphatic carbocycles. The van der Waals surface area contributed by atoms with Crippen molar-refractivity contribution in [1.29, 1.82) is 0 Å². The maximum absolute atomic E-state index is 2.50. The molecule has 11 rings (SSSR count). The highest BCUT2D eigenvalue weighted by Crippen LogP contribution is 2.54. The van der Waals surface area contributed by atoms with Crippen molar-refractivity contribution in [2.24, 2.45) is 0 Å². The van der Waals surface area contributed by atoms with Crippen molar-refractivity contribution in [3.63, 3.8) is 0 Å². The van der Waals surface area contributed by atoms with Crippen LogP contribution in [0, 0.1) is 0 Å². The Morgan fingerprint density at radius 3 is 1.66 bits per heavy atom. The van der Waals surface area contributed by atoms with E-state index in [1.54, 1.807) is 0 Å². The van der Waals surface area contributed by atoms with Crippen molar-refractivity contribution in [1.82, 2.24) is 4.57 Å². The van der Waals surface area contributed by atoms with Gasteiger partial charge in [0, 0.05) is 33.2 Å². The molecule has 0 N–H and O–H groups in total. The maximum Gasteiger partial charge on any atom is 0.0547 e. The summed E-state index contributed by atoms with van der Waals surface area (Å²) in [6, 6.07) is 79.8. The van der Waals surface area contributed by atoms with E-state index in [9.17, 15) is 0 Å². The highest BCUT2D eigenvalue weighted by molar-refractivity contribution is 6.15. The van der Waals surface area contributed by atoms with Gasteiger partial charge in [-0.1, -0.05) is 172 Å². The summed E-state index contributed by atoms with van der Waals surface area (Å²) in [7, 11) is 0. The molecule has 9 aromatic carbocycles. The summed E-state index contributed by atoms with van der Waals surface area (Å²) >= 11 is 0. The van der Waals surface area contributed by atoms with E-state index in [0.717, 1.165) is 17.1 Å². The van der Waals surface area contributed by atoms with E-state index < -0.39 is 0 Å². The molecule has 1 aromatic heterocycles. The third-order valence-electron chi connectivity index (χ3n) is 12.3. The highest BCUT2D eigenvalue weighted by atomic mass is 15.1. The van der Waals surface area contributed by atoms with Gasteiger partial charge in [-0.05, 0) is 116 Å². The van der Waals surface area contributed by atoms with E-state index in [1.807, 2.05) is 0 Å². The number of anilines is 3. The maximum atomic E-state index is 2.50. The molecule has 59 heavy (non-hydrogen) atoms. The van der Waals surface area contributed by atoms with Gasteiger partial charge < -0.3 is 9.47 Å². The Morgan fingerprint density at radius 1 is 0.390 bits per heavy atom. The summed E-state index contributed by atoms with van der Waals surface area (Å²) in [6.07, 6.45) is 0. The van der Waals surface area contributed by atoms with Gasteiger partial charge >= 0.3 is 0 Å². The Kier molecular flexibility index (Phi) is 8.20. The zero-order valence-corrected chi connectivity index (χ0v) is 33.2. The SMILES string of the molecule is CC1(C)c2ccccc2-c2cccc(N(c3ccc(-c4cccc5c4c4ccccc4n5-c4ccccc4)cc3)c3cc(-c4ccccc4)cc(-c4ccccc4)c3)c21. The third-order valence-corrected chi connectivity index (χ3v) is 12.3. The minimum absolute atomic E-state index is 0.206. The molecule has 1 heterocycles. The normalized spacial score (nSPS) is 12.7. The fourth-order valence-electron chi connectivity index (χ4n) is 9.67. The number of nitrogens with zero attached hydrogens (tertiary/aromatic N) is 2. The third kappa shape index (κ3) is 5.71. The Morgan fingerprint density at radius 2 is 0.949 bits per heavy atom. The molecule has 0 saturated heterocycles. The summed E-state index contributed by atoms with van der Waals surface area (Å²) in [5, 5.41) is 2.51. The summed E-state index contributed by atoms with van der Waals surface area (Å²) < 4.78 is 2.39. The van der Waals surface area contributed by atoms with Crippen LogP contribution in [0.15, 0.2) is 218 Å². The van der Waals surface area contributed by atoms with Gasteiger partial charge in [-0.3, -0.25) is 0 Å². The van der Waals surface area contributed by atoms with Crippen LogP contribution < -0.4 is 4.90 Å². The molecule has 2 heteroatoms. The molecule has 0 radical (unpaired) electrons. The molecule has 0 amide bonds. The molecular formula is C57H42N2. The standard InChI is InChI=1S/C57H42N2/c1-57(2)51-28-14-12-24-48(51)49-27-17-31-54(56(49)57)58(46-37-42(39-18-6-3-7-19-39)36-43(38-46)40-20-8-4-9-21-40)45-34-32-41(33-35-45)47-26-16-30-53-55(47)50-25-13-15-29-52(50)59(53)44-22-10-5-11-23-44/h3-38H,1-2H3. The second-order valence-electron chi connectivity index (χ2n) is 16.1. The number of fused-ring (bicyclic) bond motifs is 6. The monoisotopic (exact) mass is 754 g/mol. The van der Waals surface area contributed by atoms with E-state index in [-0.39, 0.29) is 5.41 Å². The van der Waals surface area contributed by atoms with Gasteiger partial charge in [0.15, 0.2) is 0 Å². The number of rotatable bonds is 7. The molecule has 2 nitrogen and oxygen atoms in total. The van der Waals surface area contributed by atoms with Crippen molar-refractivity contribution in [3.8, 4) is 50.2 Å². The number of hydrogen-bond donors (Lipinski definition) is 0. The first-order valence-electron chi connectivity index (χ1n) is 20.5. The lowest BCUT2D eigenvalue weighted by molar-refractivity contribution is 0.661. The van der Waals surface area contributed by atoms with Gasteiger partial charge in [-0.25, -0.2) is 0 Å². The topological polar surface area (TPSA) is 8.17 Å². The van der Waals surface area contributed by atoms with Crippen LogP contribution in [-0.2, 0) is 5.41 Å². The van der Waals surface area contributed by atoms with Crippen LogP contribution in [0.5, 0.6) is 0 Å². The average molecular weight is 755 g/mol. The van der Waals surface area contributed by atoms with Crippen molar-refractivity contribution in [2.45, 2.75) is 19.3 Å². The second-order valence-corrected chi connectivity index (χ2v) is 16.1. The van der Waals surface area contributed by atoms with E-state index in [0.29, 0.717) is 0 Å². The van der Waals surface area contributed by atoms with E-state index >= 15 is 0 Å². The minimum Gasteiger partial charge on any atom is -0.310 e. The van der Waals surface area contributed by atoms with Crippen molar-refractivity contribution < 1.29 is 0 Å². The van der Waals surface area contributed by atoms with Gasteiger partial charge in [0.05, 0.1) is 16.7 Å². The molecule has 1 aliphatic rings. The Bertz CT molecular complexity index is 3100. The van der Waals surface area contributed by atoms with Crippen LogP contribution >= 0.6 is 0 Å². The van der Waals surface area contributed by atoms with Gasteiger partial charge in [0.1, 0.15) is 0 Å². The van der Waals surface area contributed by atoms with Crippen molar-refractivity contribution in [3.05, 3.63) is 230 Å². The summed E-state index contributed by atoms with van der Waals surface area (Å²) in [4.78, 5) is 2.50. The quantitative estimate of drug-likeness (QED) is 0.157. The molecule has 0 aliphatic heterocycles. The second kappa shape index (κ2) is 13.9. The van der Waals surface area contributed by atoms with Crippen LogP contribution in [0.3, 0.4) is 0 Å². The van der Waals surface area contributed by atoms with E-state index in [1.165, 1.54) is 83.1 Å². The lowest BCUT2D eigenvalue weighted by atomic mass is 9.81. The van der Waals surface area contributed by atoms with Gasteiger partial charge in [0.2, 0.25) is 0 Å². The molecule has 0 bridgehead atoms. The number of aromatic nitrogens is 1. The Hall–Kier alpha value is -7.42. The van der Waals surface area contributed by atoms with Crippen LogP contribution in [0.4, 0.5) is 17.1 Å². The Balaban J connectivity index is 1.13. The number of para-hydroxylation sites is 2. The van der Waals surface area contributed by atoms with Gasteiger partial charge in [-0.15, -0.1) is 0 Å². The molecule has 0 spiro atoms. The molecule has 0 atom stereocenters.